The number of nitrogens with one attached hydrogen (secondary N) is 1. The summed E-state index contributed by atoms with van der Waals surface area (Å²) in [5.41, 5.74) is 2.05. The van der Waals surface area contributed by atoms with E-state index in [0.29, 0.717) is 0 Å². The van der Waals surface area contributed by atoms with Crippen molar-refractivity contribution >= 4 is 27.5 Å². The summed E-state index contributed by atoms with van der Waals surface area (Å²) in [6.45, 7) is 4.24. The minimum Gasteiger partial charge on any atom is -0.326 e. The van der Waals surface area contributed by atoms with Crippen LogP contribution in [0, 0.1) is 5.92 Å². The van der Waals surface area contributed by atoms with Crippen LogP contribution in [0.25, 0.3) is 0 Å². The molecule has 0 aliphatic heterocycles. The summed E-state index contributed by atoms with van der Waals surface area (Å²) in [4.78, 5) is 12.2. The van der Waals surface area contributed by atoms with Crippen LogP contribution < -0.4 is 5.32 Å². The standard InChI is InChI=1S/C15H22BrNO/c1-3-5-8-12(4-2)15(18)17-14-10-7-6-9-13(14)11-16/h6-7,9-10,12H,3-5,8,11H2,1-2H3,(H,17,18). The van der Waals surface area contributed by atoms with Gasteiger partial charge in [0.15, 0.2) is 0 Å². The molecule has 0 bridgehead atoms. The van der Waals surface area contributed by atoms with Crippen molar-refractivity contribution < 1.29 is 4.79 Å². The number of anilines is 1. The Labute approximate surface area is 118 Å². The van der Waals surface area contributed by atoms with Crippen molar-refractivity contribution in [3.63, 3.8) is 0 Å². The lowest BCUT2D eigenvalue weighted by Crippen LogP contribution is -2.22. The van der Waals surface area contributed by atoms with Gasteiger partial charge in [0.25, 0.3) is 0 Å². The molecule has 1 N–H and O–H groups in total. The number of hydrogen-bond acceptors (Lipinski definition) is 1. The Bertz CT molecular complexity index is 379. The Morgan fingerprint density at radius 2 is 2.06 bits per heavy atom. The van der Waals surface area contributed by atoms with Crippen LogP contribution in [0.15, 0.2) is 24.3 Å². The Morgan fingerprint density at radius 1 is 1.33 bits per heavy atom. The van der Waals surface area contributed by atoms with E-state index in [1.807, 2.05) is 24.3 Å². The summed E-state index contributed by atoms with van der Waals surface area (Å²) >= 11 is 3.44. The van der Waals surface area contributed by atoms with Gasteiger partial charge in [-0.3, -0.25) is 4.79 Å². The number of rotatable bonds is 7. The van der Waals surface area contributed by atoms with Crippen LogP contribution in [-0.2, 0) is 10.1 Å². The second-order valence-electron chi connectivity index (χ2n) is 4.53. The topological polar surface area (TPSA) is 29.1 Å². The molecule has 18 heavy (non-hydrogen) atoms. The van der Waals surface area contributed by atoms with Gasteiger partial charge < -0.3 is 5.32 Å². The van der Waals surface area contributed by atoms with Gasteiger partial charge in [-0.1, -0.05) is 60.8 Å². The first kappa shape index (κ1) is 15.2. The molecule has 0 saturated carbocycles. The van der Waals surface area contributed by atoms with Gasteiger partial charge in [0.2, 0.25) is 5.91 Å². The van der Waals surface area contributed by atoms with Crippen LogP contribution in [0.5, 0.6) is 0 Å². The minimum absolute atomic E-state index is 0.133. The van der Waals surface area contributed by atoms with E-state index in [-0.39, 0.29) is 11.8 Å². The summed E-state index contributed by atoms with van der Waals surface area (Å²) < 4.78 is 0. The number of para-hydroxylation sites is 1. The third-order valence-electron chi connectivity index (χ3n) is 3.19. The molecule has 0 radical (unpaired) electrons. The van der Waals surface area contributed by atoms with Crippen molar-refractivity contribution in [2.75, 3.05) is 5.32 Å². The molecule has 2 nitrogen and oxygen atoms in total. The van der Waals surface area contributed by atoms with E-state index in [4.69, 9.17) is 0 Å². The number of hydrogen-bond donors (Lipinski definition) is 1. The van der Waals surface area contributed by atoms with Gasteiger partial charge in [0.1, 0.15) is 0 Å². The maximum absolute atomic E-state index is 12.2. The second-order valence-corrected chi connectivity index (χ2v) is 5.09. The molecule has 0 fully saturated rings. The number of amides is 1. The lowest BCUT2D eigenvalue weighted by molar-refractivity contribution is -0.120. The molecule has 3 heteroatoms. The van der Waals surface area contributed by atoms with Crippen LogP contribution >= 0.6 is 15.9 Å². The first-order chi connectivity index (χ1) is 8.72. The monoisotopic (exact) mass is 311 g/mol. The van der Waals surface area contributed by atoms with E-state index in [0.717, 1.165) is 42.3 Å². The van der Waals surface area contributed by atoms with E-state index < -0.39 is 0 Å². The van der Waals surface area contributed by atoms with Crippen molar-refractivity contribution in [1.29, 1.82) is 0 Å². The molecule has 1 aromatic carbocycles. The molecule has 0 aromatic heterocycles. The average molecular weight is 312 g/mol. The summed E-state index contributed by atoms with van der Waals surface area (Å²) in [5, 5.41) is 3.81. The largest absolute Gasteiger partial charge is 0.326 e. The highest BCUT2D eigenvalue weighted by molar-refractivity contribution is 9.08. The number of alkyl halides is 1. The number of carbonyl (C=O) groups is 1. The fourth-order valence-electron chi connectivity index (χ4n) is 1.96. The first-order valence-electron chi connectivity index (χ1n) is 6.67. The molecule has 0 heterocycles. The molecule has 1 rings (SSSR count). The van der Waals surface area contributed by atoms with Gasteiger partial charge in [-0.05, 0) is 24.5 Å². The predicted octanol–water partition coefficient (Wildman–Crippen LogP) is 4.74. The Morgan fingerprint density at radius 3 is 2.67 bits per heavy atom. The Kier molecular flexibility index (Phi) is 7.02. The highest BCUT2D eigenvalue weighted by Crippen LogP contribution is 2.20. The second kappa shape index (κ2) is 8.30. The van der Waals surface area contributed by atoms with Gasteiger partial charge in [-0.15, -0.1) is 0 Å². The van der Waals surface area contributed by atoms with Gasteiger partial charge in [0, 0.05) is 16.9 Å². The van der Waals surface area contributed by atoms with E-state index in [1.54, 1.807) is 0 Å². The lowest BCUT2D eigenvalue weighted by Gasteiger charge is -2.16. The smallest absolute Gasteiger partial charge is 0.227 e. The van der Waals surface area contributed by atoms with Crippen LogP contribution in [-0.4, -0.2) is 5.91 Å². The highest BCUT2D eigenvalue weighted by atomic mass is 79.9. The Hall–Kier alpha value is -0.830. The molecule has 0 spiro atoms. The summed E-state index contributed by atoms with van der Waals surface area (Å²) in [7, 11) is 0. The van der Waals surface area contributed by atoms with Crippen LogP contribution in [0.3, 0.4) is 0 Å². The molecule has 0 saturated heterocycles. The van der Waals surface area contributed by atoms with Crippen LogP contribution in [0.1, 0.15) is 45.1 Å². The minimum atomic E-state index is 0.133. The molecule has 0 aliphatic carbocycles. The van der Waals surface area contributed by atoms with Crippen molar-refractivity contribution in [3.8, 4) is 0 Å². The molecule has 100 valence electrons. The van der Waals surface area contributed by atoms with E-state index in [1.165, 1.54) is 0 Å². The molecule has 1 aromatic rings. The predicted molar refractivity (Wildman–Crippen MR) is 81.0 cm³/mol. The third kappa shape index (κ3) is 4.45. The summed E-state index contributed by atoms with van der Waals surface area (Å²) in [6.07, 6.45) is 4.14. The van der Waals surface area contributed by atoms with Crippen molar-refractivity contribution in [3.05, 3.63) is 29.8 Å². The SMILES string of the molecule is CCCCC(CC)C(=O)Nc1ccccc1CBr. The van der Waals surface area contributed by atoms with Gasteiger partial charge in [-0.2, -0.15) is 0 Å². The van der Waals surface area contributed by atoms with Crippen molar-refractivity contribution in [2.45, 2.75) is 44.9 Å². The maximum Gasteiger partial charge on any atom is 0.227 e. The number of halogens is 1. The normalized spacial score (nSPS) is 12.2. The summed E-state index contributed by atoms with van der Waals surface area (Å²) in [6, 6.07) is 7.92. The quantitative estimate of drug-likeness (QED) is 0.724. The zero-order chi connectivity index (χ0) is 13.4. The number of unbranched alkanes of at least 4 members (excludes halogenated alkanes) is 1. The van der Waals surface area contributed by atoms with Crippen molar-refractivity contribution in [2.24, 2.45) is 5.92 Å². The van der Waals surface area contributed by atoms with Gasteiger partial charge in [-0.25, -0.2) is 0 Å². The molecule has 1 unspecified atom stereocenters. The summed E-state index contributed by atoms with van der Waals surface area (Å²) in [5.74, 6) is 0.285. The first-order valence-corrected chi connectivity index (χ1v) is 7.79. The van der Waals surface area contributed by atoms with Crippen LogP contribution in [0.2, 0.25) is 0 Å². The highest BCUT2D eigenvalue weighted by Gasteiger charge is 2.16. The fraction of sp³-hybridized carbons (Fsp3) is 0.533. The molecule has 1 amide bonds. The van der Waals surface area contributed by atoms with Gasteiger partial charge >= 0.3 is 0 Å². The van der Waals surface area contributed by atoms with Crippen LogP contribution in [0.4, 0.5) is 5.69 Å². The molecular weight excluding hydrogens is 290 g/mol. The molecular formula is C15H22BrNO. The molecule has 1 atom stereocenters. The fourth-order valence-corrected chi connectivity index (χ4v) is 2.45. The van der Waals surface area contributed by atoms with E-state index in [2.05, 4.69) is 35.1 Å². The molecule has 0 aliphatic rings. The van der Waals surface area contributed by atoms with Crippen molar-refractivity contribution in [1.82, 2.24) is 0 Å². The Balaban J connectivity index is 2.67. The number of carbonyl (C=O) groups excluding carboxylic acids is 1. The third-order valence-corrected chi connectivity index (χ3v) is 3.79. The maximum atomic E-state index is 12.2. The zero-order valence-electron chi connectivity index (χ0n) is 11.2. The number of benzene rings is 1. The van der Waals surface area contributed by atoms with E-state index >= 15 is 0 Å². The average Bonchev–Trinajstić information content (AvgIpc) is 2.40. The zero-order valence-corrected chi connectivity index (χ0v) is 12.8. The van der Waals surface area contributed by atoms with E-state index in [9.17, 15) is 4.79 Å². The lowest BCUT2D eigenvalue weighted by atomic mass is 9.98. The van der Waals surface area contributed by atoms with Gasteiger partial charge in [0.05, 0.1) is 0 Å².